The van der Waals surface area contributed by atoms with E-state index in [4.69, 9.17) is 4.74 Å². The summed E-state index contributed by atoms with van der Waals surface area (Å²) in [7, 11) is 0. The lowest BCUT2D eigenvalue weighted by molar-refractivity contribution is -0.148. The van der Waals surface area contributed by atoms with Crippen molar-refractivity contribution < 1.29 is 9.53 Å². The van der Waals surface area contributed by atoms with Crippen molar-refractivity contribution in [3.63, 3.8) is 0 Å². The first-order valence-electron chi connectivity index (χ1n) is 7.91. The fourth-order valence-electron chi connectivity index (χ4n) is 2.97. The highest BCUT2D eigenvalue weighted by Crippen LogP contribution is 2.21. The van der Waals surface area contributed by atoms with Gasteiger partial charge >= 0.3 is 5.97 Å². The minimum absolute atomic E-state index is 0.0489. The maximum absolute atomic E-state index is 12.1. The van der Waals surface area contributed by atoms with Gasteiger partial charge in [0.05, 0.1) is 12.5 Å². The van der Waals surface area contributed by atoms with Gasteiger partial charge in [0, 0.05) is 36.2 Å². The zero-order valence-corrected chi connectivity index (χ0v) is 13.4. The van der Waals surface area contributed by atoms with E-state index in [9.17, 15) is 4.79 Å². The molecule has 0 amide bonds. The van der Waals surface area contributed by atoms with Crippen molar-refractivity contribution in [1.29, 1.82) is 0 Å². The SMILES string of the molecule is CCOC(=O)C1CCNC1Cc1cc(C)nc(-c2ncc[nH]2)n1. The molecule has 1 fully saturated rings. The highest BCUT2D eigenvalue weighted by molar-refractivity contribution is 5.73. The van der Waals surface area contributed by atoms with Crippen LogP contribution in [-0.4, -0.2) is 45.1 Å². The molecule has 2 atom stereocenters. The number of aromatic nitrogens is 4. The van der Waals surface area contributed by atoms with Crippen LogP contribution in [0.1, 0.15) is 24.7 Å². The number of hydrogen-bond donors (Lipinski definition) is 2. The van der Waals surface area contributed by atoms with Crippen LogP contribution in [0.15, 0.2) is 18.5 Å². The summed E-state index contributed by atoms with van der Waals surface area (Å²) in [6.45, 7) is 5.00. The summed E-state index contributed by atoms with van der Waals surface area (Å²) in [5, 5.41) is 3.38. The second kappa shape index (κ2) is 6.87. The van der Waals surface area contributed by atoms with Crippen LogP contribution in [0.2, 0.25) is 0 Å². The highest BCUT2D eigenvalue weighted by Gasteiger charge is 2.34. The molecule has 1 aliphatic rings. The predicted octanol–water partition coefficient (Wildman–Crippen LogP) is 1.26. The van der Waals surface area contributed by atoms with E-state index < -0.39 is 0 Å². The Morgan fingerprint density at radius 1 is 1.43 bits per heavy atom. The number of carbonyl (C=O) groups is 1. The fraction of sp³-hybridized carbons (Fsp3) is 0.500. The second-order valence-electron chi connectivity index (χ2n) is 5.67. The van der Waals surface area contributed by atoms with Gasteiger partial charge in [-0.05, 0) is 32.9 Å². The first kappa shape index (κ1) is 15.6. The van der Waals surface area contributed by atoms with E-state index in [0.717, 1.165) is 24.4 Å². The summed E-state index contributed by atoms with van der Waals surface area (Å²) < 4.78 is 5.17. The van der Waals surface area contributed by atoms with Gasteiger partial charge < -0.3 is 15.0 Å². The third-order valence-corrected chi connectivity index (χ3v) is 3.98. The Hall–Kier alpha value is -2.28. The van der Waals surface area contributed by atoms with E-state index in [1.54, 1.807) is 12.4 Å². The maximum Gasteiger partial charge on any atom is 0.310 e. The number of nitrogens with one attached hydrogen (secondary N) is 2. The van der Waals surface area contributed by atoms with Crippen LogP contribution in [0.25, 0.3) is 11.6 Å². The van der Waals surface area contributed by atoms with Gasteiger partial charge in [-0.2, -0.15) is 0 Å². The molecule has 2 aromatic rings. The minimum atomic E-state index is -0.125. The third kappa shape index (κ3) is 3.56. The van der Waals surface area contributed by atoms with Crippen molar-refractivity contribution in [2.75, 3.05) is 13.2 Å². The van der Waals surface area contributed by atoms with E-state index in [2.05, 4.69) is 25.3 Å². The molecule has 2 aromatic heterocycles. The molecule has 7 heteroatoms. The van der Waals surface area contributed by atoms with Crippen molar-refractivity contribution in [2.45, 2.75) is 32.7 Å². The average Bonchev–Trinajstić information content (AvgIpc) is 3.18. The lowest BCUT2D eigenvalue weighted by Gasteiger charge is -2.18. The van der Waals surface area contributed by atoms with E-state index in [1.165, 1.54) is 0 Å². The molecule has 7 nitrogen and oxygen atoms in total. The summed E-state index contributed by atoms with van der Waals surface area (Å²) in [6, 6.07) is 2.00. The van der Waals surface area contributed by atoms with Gasteiger partial charge in [0.25, 0.3) is 0 Å². The standard InChI is InChI=1S/C16H21N5O2/c1-3-23-16(22)12-4-5-17-13(12)9-11-8-10(2)20-15(21-11)14-18-6-7-19-14/h6-8,12-13,17H,3-5,9H2,1-2H3,(H,18,19). The first-order chi connectivity index (χ1) is 11.2. The number of carbonyl (C=O) groups excluding carboxylic acids is 1. The van der Waals surface area contributed by atoms with Crippen LogP contribution < -0.4 is 5.32 Å². The number of imidazole rings is 1. The Balaban J connectivity index is 1.78. The monoisotopic (exact) mass is 315 g/mol. The van der Waals surface area contributed by atoms with Gasteiger partial charge in [0.2, 0.25) is 0 Å². The van der Waals surface area contributed by atoms with E-state index in [0.29, 0.717) is 24.7 Å². The van der Waals surface area contributed by atoms with Crippen LogP contribution >= 0.6 is 0 Å². The van der Waals surface area contributed by atoms with Gasteiger partial charge in [0.15, 0.2) is 11.6 Å². The topological polar surface area (TPSA) is 92.8 Å². The number of hydrogen-bond acceptors (Lipinski definition) is 6. The van der Waals surface area contributed by atoms with Crippen molar-refractivity contribution in [3.8, 4) is 11.6 Å². The molecule has 0 spiro atoms. The number of aromatic amines is 1. The second-order valence-corrected chi connectivity index (χ2v) is 5.67. The van der Waals surface area contributed by atoms with Gasteiger partial charge in [-0.3, -0.25) is 4.79 Å². The van der Waals surface area contributed by atoms with E-state index in [-0.39, 0.29) is 17.9 Å². The number of H-pyrrole nitrogens is 1. The fourth-order valence-corrected chi connectivity index (χ4v) is 2.97. The molecular weight excluding hydrogens is 294 g/mol. The summed E-state index contributed by atoms with van der Waals surface area (Å²) in [5.41, 5.74) is 1.78. The Kier molecular flexibility index (Phi) is 4.66. The zero-order chi connectivity index (χ0) is 16.2. The van der Waals surface area contributed by atoms with Crippen molar-refractivity contribution >= 4 is 5.97 Å². The number of aryl methyl sites for hydroxylation is 1. The molecule has 122 valence electrons. The summed E-state index contributed by atoms with van der Waals surface area (Å²) in [6.07, 6.45) is 4.89. The van der Waals surface area contributed by atoms with Gasteiger partial charge in [-0.15, -0.1) is 0 Å². The molecule has 3 rings (SSSR count). The molecule has 1 saturated heterocycles. The van der Waals surface area contributed by atoms with Crippen molar-refractivity contribution in [3.05, 3.63) is 29.8 Å². The molecule has 1 aliphatic heterocycles. The Morgan fingerprint density at radius 2 is 2.30 bits per heavy atom. The third-order valence-electron chi connectivity index (χ3n) is 3.98. The number of rotatable bonds is 5. The average molecular weight is 315 g/mol. The predicted molar refractivity (Wildman–Crippen MR) is 84.6 cm³/mol. The van der Waals surface area contributed by atoms with Gasteiger partial charge in [-0.25, -0.2) is 15.0 Å². The van der Waals surface area contributed by atoms with Crippen LogP contribution in [0.5, 0.6) is 0 Å². The molecule has 0 bridgehead atoms. The van der Waals surface area contributed by atoms with Crippen LogP contribution in [-0.2, 0) is 16.0 Å². The Morgan fingerprint density at radius 3 is 3.04 bits per heavy atom. The molecule has 0 radical (unpaired) electrons. The molecule has 2 unspecified atom stereocenters. The zero-order valence-electron chi connectivity index (χ0n) is 13.4. The van der Waals surface area contributed by atoms with E-state index in [1.807, 2.05) is 19.9 Å². The summed E-state index contributed by atoms with van der Waals surface area (Å²) in [4.78, 5) is 28.3. The number of esters is 1. The van der Waals surface area contributed by atoms with Crippen LogP contribution in [0.3, 0.4) is 0 Å². The largest absolute Gasteiger partial charge is 0.466 e. The van der Waals surface area contributed by atoms with Crippen molar-refractivity contribution in [1.82, 2.24) is 25.3 Å². The number of ether oxygens (including phenoxy) is 1. The maximum atomic E-state index is 12.1. The Labute approximate surface area is 134 Å². The molecule has 2 N–H and O–H groups in total. The minimum Gasteiger partial charge on any atom is -0.466 e. The normalized spacial score (nSPS) is 20.6. The van der Waals surface area contributed by atoms with Gasteiger partial charge in [-0.1, -0.05) is 0 Å². The van der Waals surface area contributed by atoms with Gasteiger partial charge in [0.1, 0.15) is 0 Å². The molecular formula is C16H21N5O2. The van der Waals surface area contributed by atoms with E-state index >= 15 is 0 Å². The molecule has 3 heterocycles. The quantitative estimate of drug-likeness (QED) is 0.807. The molecule has 0 saturated carbocycles. The lowest BCUT2D eigenvalue weighted by Crippen LogP contribution is -2.34. The van der Waals surface area contributed by atoms with Crippen molar-refractivity contribution in [2.24, 2.45) is 5.92 Å². The highest BCUT2D eigenvalue weighted by atomic mass is 16.5. The first-order valence-corrected chi connectivity index (χ1v) is 7.91. The lowest BCUT2D eigenvalue weighted by atomic mass is 9.96. The number of nitrogens with zero attached hydrogens (tertiary/aromatic N) is 3. The van der Waals surface area contributed by atoms with Crippen LogP contribution in [0.4, 0.5) is 0 Å². The Bertz CT molecular complexity index is 671. The molecule has 23 heavy (non-hydrogen) atoms. The smallest absolute Gasteiger partial charge is 0.310 e. The summed E-state index contributed by atoms with van der Waals surface area (Å²) >= 11 is 0. The van der Waals surface area contributed by atoms with Crippen LogP contribution in [0, 0.1) is 12.8 Å². The molecule has 0 aromatic carbocycles. The summed E-state index contributed by atoms with van der Waals surface area (Å²) in [5.74, 6) is 0.990. The molecule has 0 aliphatic carbocycles.